The second-order valence-electron chi connectivity index (χ2n) is 4.75. The molecule has 1 heterocycles. The van der Waals surface area contributed by atoms with Crippen molar-refractivity contribution in [3.63, 3.8) is 0 Å². The Bertz CT molecular complexity index is 456. The smallest absolute Gasteiger partial charge is 0.345 e. The van der Waals surface area contributed by atoms with Crippen LogP contribution in [0, 0.1) is 5.92 Å². The summed E-state index contributed by atoms with van der Waals surface area (Å²) < 4.78 is 5.60. The van der Waals surface area contributed by atoms with Gasteiger partial charge in [-0.1, -0.05) is 13.8 Å². The third-order valence-corrected chi connectivity index (χ3v) is 3.95. The van der Waals surface area contributed by atoms with Crippen LogP contribution in [0.3, 0.4) is 0 Å². The molecule has 112 valence electrons. The lowest BCUT2D eigenvalue weighted by Crippen LogP contribution is -2.29. The van der Waals surface area contributed by atoms with E-state index in [-0.39, 0.29) is 16.9 Å². The standard InChI is InChI=1S/C14H21NO4S/c1-4-19-10(9(2)3)7-8-15-13(16)11-5-6-12(20-11)14(17)18/h5-6,9-10H,4,7-8H2,1-3H3,(H,15,16)(H,17,18). The van der Waals surface area contributed by atoms with E-state index in [4.69, 9.17) is 9.84 Å². The van der Waals surface area contributed by atoms with Crippen LogP contribution in [0.1, 0.15) is 46.5 Å². The Morgan fingerprint density at radius 2 is 2.00 bits per heavy atom. The third-order valence-electron chi connectivity index (χ3n) is 2.88. The van der Waals surface area contributed by atoms with Gasteiger partial charge in [0.1, 0.15) is 4.88 Å². The molecule has 0 bridgehead atoms. The zero-order valence-electron chi connectivity index (χ0n) is 12.0. The first-order chi connectivity index (χ1) is 9.45. The van der Waals surface area contributed by atoms with Gasteiger partial charge in [-0.25, -0.2) is 4.79 Å². The fourth-order valence-electron chi connectivity index (χ4n) is 1.81. The van der Waals surface area contributed by atoms with E-state index in [0.29, 0.717) is 23.9 Å². The average molecular weight is 299 g/mol. The summed E-state index contributed by atoms with van der Waals surface area (Å²) in [5.74, 6) is -0.848. The summed E-state index contributed by atoms with van der Waals surface area (Å²) in [6.07, 6.45) is 0.868. The first-order valence-corrected chi connectivity index (χ1v) is 7.50. The topological polar surface area (TPSA) is 75.6 Å². The Kier molecular flexibility index (Phi) is 6.67. The number of ether oxygens (including phenoxy) is 1. The molecule has 20 heavy (non-hydrogen) atoms. The fraction of sp³-hybridized carbons (Fsp3) is 0.571. The first-order valence-electron chi connectivity index (χ1n) is 6.68. The molecular formula is C14H21NO4S. The second-order valence-corrected chi connectivity index (χ2v) is 5.84. The van der Waals surface area contributed by atoms with Crippen LogP contribution < -0.4 is 5.32 Å². The van der Waals surface area contributed by atoms with Crippen molar-refractivity contribution in [1.82, 2.24) is 5.32 Å². The summed E-state index contributed by atoms with van der Waals surface area (Å²) in [7, 11) is 0. The number of carbonyl (C=O) groups is 2. The number of thiophene rings is 1. The molecule has 0 aliphatic carbocycles. The Morgan fingerprint density at radius 1 is 1.35 bits per heavy atom. The Hall–Kier alpha value is -1.40. The summed E-state index contributed by atoms with van der Waals surface area (Å²) >= 11 is 0.982. The molecule has 5 nitrogen and oxygen atoms in total. The van der Waals surface area contributed by atoms with Gasteiger partial charge >= 0.3 is 5.97 Å². The number of aromatic carboxylic acids is 1. The van der Waals surface area contributed by atoms with Gasteiger partial charge in [-0.3, -0.25) is 4.79 Å². The molecule has 0 aliphatic rings. The van der Waals surface area contributed by atoms with Crippen LogP contribution in [-0.2, 0) is 4.74 Å². The van der Waals surface area contributed by atoms with Crippen LogP contribution in [-0.4, -0.2) is 36.2 Å². The molecule has 1 aromatic rings. The van der Waals surface area contributed by atoms with Gasteiger partial charge in [0.25, 0.3) is 5.91 Å². The molecule has 0 saturated carbocycles. The SMILES string of the molecule is CCOC(CCNC(=O)c1ccc(C(=O)O)s1)C(C)C. The molecule has 0 aromatic carbocycles. The van der Waals surface area contributed by atoms with E-state index >= 15 is 0 Å². The van der Waals surface area contributed by atoms with Crippen LogP contribution in [0.25, 0.3) is 0 Å². The van der Waals surface area contributed by atoms with Gasteiger partial charge in [0.05, 0.1) is 11.0 Å². The van der Waals surface area contributed by atoms with Crippen molar-refractivity contribution < 1.29 is 19.4 Å². The number of carboxylic acid groups (broad SMARTS) is 1. The lowest BCUT2D eigenvalue weighted by molar-refractivity contribution is 0.0251. The Labute approximate surface area is 123 Å². The number of hydrogen-bond acceptors (Lipinski definition) is 4. The van der Waals surface area contributed by atoms with Gasteiger partial charge < -0.3 is 15.2 Å². The molecule has 2 N–H and O–H groups in total. The van der Waals surface area contributed by atoms with Crippen molar-refractivity contribution in [3.8, 4) is 0 Å². The van der Waals surface area contributed by atoms with E-state index in [0.717, 1.165) is 17.8 Å². The van der Waals surface area contributed by atoms with Crippen LogP contribution in [0.2, 0.25) is 0 Å². The minimum absolute atomic E-state index is 0.123. The molecule has 0 spiro atoms. The number of hydrogen-bond donors (Lipinski definition) is 2. The lowest BCUT2D eigenvalue weighted by atomic mass is 10.0. The summed E-state index contributed by atoms with van der Waals surface area (Å²) in [6, 6.07) is 2.98. The van der Waals surface area contributed by atoms with Crippen molar-refractivity contribution in [2.45, 2.75) is 33.3 Å². The normalized spacial score (nSPS) is 12.4. The molecule has 0 saturated heterocycles. The highest BCUT2D eigenvalue weighted by atomic mass is 32.1. The average Bonchev–Trinajstić information content (AvgIpc) is 2.87. The highest BCUT2D eigenvalue weighted by Gasteiger charge is 2.15. The Morgan fingerprint density at radius 3 is 2.50 bits per heavy atom. The number of nitrogens with one attached hydrogen (secondary N) is 1. The molecule has 1 atom stereocenters. The second kappa shape index (κ2) is 8.01. The van der Waals surface area contributed by atoms with E-state index in [1.165, 1.54) is 12.1 Å². The minimum Gasteiger partial charge on any atom is -0.477 e. The number of rotatable bonds is 8. The third kappa shape index (κ3) is 4.94. The maximum Gasteiger partial charge on any atom is 0.345 e. The zero-order chi connectivity index (χ0) is 15.1. The van der Waals surface area contributed by atoms with Gasteiger partial charge in [-0.2, -0.15) is 0 Å². The monoisotopic (exact) mass is 299 g/mol. The molecule has 1 rings (SSSR count). The fourth-order valence-corrected chi connectivity index (χ4v) is 2.57. The summed E-state index contributed by atoms with van der Waals surface area (Å²) in [4.78, 5) is 23.2. The van der Waals surface area contributed by atoms with E-state index in [2.05, 4.69) is 19.2 Å². The van der Waals surface area contributed by atoms with Gasteiger partial charge in [-0.05, 0) is 31.4 Å². The highest BCUT2D eigenvalue weighted by Crippen LogP contribution is 2.16. The highest BCUT2D eigenvalue weighted by molar-refractivity contribution is 7.15. The van der Waals surface area contributed by atoms with E-state index in [1.807, 2.05) is 6.92 Å². The number of amides is 1. The van der Waals surface area contributed by atoms with Crippen molar-refractivity contribution in [2.75, 3.05) is 13.2 Å². The lowest BCUT2D eigenvalue weighted by Gasteiger charge is -2.20. The van der Waals surface area contributed by atoms with E-state index in [1.54, 1.807) is 0 Å². The molecule has 0 fully saturated rings. The van der Waals surface area contributed by atoms with Crippen LogP contribution in [0.5, 0.6) is 0 Å². The Balaban J connectivity index is 2.44. The van der Waals surface area contributed by atoms with Gasteiger partial charge in [0.15, 0.2) is 0 Å². The van der Waals surface area contributed by atoms with Gasteiger partial charge in [0.2, 0.25) is 0 Å². The number of carboxylic acids is 1. The predicted octanol–water partition coefficient (Wildman–Crippen LogP) is 2.63. The largest absolute Gasteiger partial charge is 0.477 e. The molecular weight excluding hydrogens is 278 g/mol. The summed E-state index contributed by atoms with van der Waals surface area (Å²) in [5, 5.41) is 11.6. The zero-order valence-corrected chi connectivity index (χ0v) is 12.8. The number of carbonyl (C=O) groups excluding carboxylic acids is 1. The molecule has 0 radical (unpaired) electrons. The quantitative estimate of drug-likeness (QED) is 0.773. The first kappa shape index (κ1) is 16.7. The van der Waals surface area contributed by atoms with Crippen molar-refractivity contribution >= 4 is 23.2 Å². The molecule has 6 heteroatoms. The van der Waals surface area contributed by atoms with Crippen LogP contribution in [0.15, 0.2) is 12.1 Å². The van der Waals surface area contributed by atoms with E-state index < -0.39 is 5.97 Å². The molecule has 1 unspecified atom stereocenters. The van der Waals surface area contributed by atoms with Gasteiger partial charge in [0, 0.05) is 13.2 Å². The van der Waals surface area contributed by atoms with Gasteiger partial charge in [-0.15, -0.1) is 11.3 Å². The minimum atomic E-state index is -1.01. The summed E-state index contributed by atoms with van der Waals surface area (Å²) in [6.45, 7) is 7.29. The van der Waals surface area contributed by atoms with Crippen molar-refractivity contribution in [1.29, 1.82) is 0 Å². The molecule has 1 aromatic heterocycles. The van der Waals surface area contributed by atoms with Crippen LogP contribution in [0.4, 0.5) is 0 Å². The summed E-state index contributed by atoms with van der Waals surface area (Å²) in [5.41, 5.74) is 0. The van der Waals surface area contributed by atoms with Crippen molar-refractivity contribution in [3.05, 3.63) is 21.9 Å². The maximum atomic E-state index is 11.9. The molecule has 0 aliphatic heterocycles. The predicted molar refractivity (Wildman–Crippen MR) is 78.5 cm³/mol. The molecule has 1 amide bonds. The van der Waals surface area contributed by atoms with E-state index in [9.17, 15) is 9.59 Å². The van der Waals surface area contributed by atoms with Crippen LogP contribution >= 0.6 is 11.3 Å². The van der Waals surface area contributed by atoms with Crippen molar-refractivity contribution in [2.24, 2.45) is 5.92 Å². The maximum absolute atomic E-state index is 11.9.